The number of amides is 1. The molecule has 0 radical (unpaired) electrons. The van der Waals surface area contributed by atoms with Gasteiger partial charge in [-0.3, -0.25) is 4.79 Å². The van der Waals surface area contributed by atoms with Gasteiger partial charge in [-0.2, -0.15) is 5.10 Å². The van der Waals surface area contributed by atoms with Gasteiger partial charge in [0.2, 0.25) is 0 Å². The molecule has 0 saturated heterocycles. The third-order valence-corrected chi connectivity index (χ3v) is 3.34. The number of hydrogen-bond acceptors (Lipinski definition) is 3. The van der Waals surface area contributed by atoms with E-state index in [0.29, 0.717) is 5.56 Å². The first-order valence-corrected chi connectivity index (χ1v) is 7.06. The first-order chi connectivity index (χ1) is 9.66. The van der Waals surface area contributed by atoms with E-state index >= 15 is 0 Å². The second kappa shape index (κ2) is 7.16. The summed E-state index contributed by atoms with van der Waals surface area (Å²) in [7, 11) is 0. The van der Waals surface area contributed by atoms with Crippen LogP contribution in [0.3, 0.4) is 0 Å². The molecule has 5 heteroatoms. The highest BCUT2D eigenvalue weighted by Crippen LogP contribution is 2.11. The highest BCUT2D eigenvalue weighted by Gasteiger charge is 2.15. The average molecular weight is 380 g/mol. The molecule has 2 aromatic carbocycles. The molecular weight excluding hydrogens is 367 g/mol. The van der Waals surface area contributed by atoms with Gasteiger partial charge in [0, 0.05) is 3.57 Å². The quantitative estimate of drug-likeness (QED) is 0.487. The molecule has 0 bridgehead atoms. The number of aliphatic hydroxyl groups excluding tert-OH is 1. The second-order valence-electron chi connectivity index (χ2n) is 4.10. The Morgan fingerprint density at radius 1 is 1.15 bits per heavy atom. The zero-order valence-corrected chi connectivity index (χ0v) is 12.7. The van der Waals surface area contributed by atoms with Crippen molar-refractivity contribution in [3.63, 3.8) is 0 Å². The molecular formula is C15H13IN2O2. The van der Waals surface area contributed by atoms with E-state index in [4.69, 9.17) is 0 Å². The molecule has 4 nitrogen and oxygen atoms in total. The standard InChI is InChI=1S/C15H13IN2O2/c16-13-8-6-11(7-9-13)10-17-18-15(20)14(19)12-4-2-1-3-5-12/h1-10,14,19H,(H,18,20)/b17-10-/t14-/m0/s1. The van der Waals surface area contributed by atoms with Gasteiger partial charge in [0.25, 0.3) is 5.91 Å². The lowest BCUT2D eigenvalue weighted by molar-refractivity contribution is -0.129. The topological polar surface area (TPSA) is 61.7 Å². The Balaban J connectivity index is 1.93. The minimum absolute atomic E-state index is 0.537. The fourth-order valence-corrected chi connectivity index (χ4v) is 1.93. The summed E-state index contributed by atoms with van der Waals surface area (Å²) in [5.41, 5.74) is 3.73. The second-order valence-corrected chi connectivity index (χ2v) is 5.34. The van der Waals surface area contributed by atoms with Crippen LogP contribution in [0.5, 0.6) is 0 Å². The fourth-order valence-electron chi connectivity index (χ4n) is 1.57. The summed E-state index contributed by atoms with van der Waals surface area (Å²) in [6, 6.07) is 16.4. The number of rotatable bonds is 4. The maximum atomic E-state index is 11.7. The van der Waals surface area contributed by atoms with E-state index in [1.807, 2.05) is 30.3 Å². The first-order valence-electron chi connectivity index (χ1n) is 5.98. The van der Waals surface area contributed by atoms with Crippen LogP contribution in [0.1, 0.15) is 17.2 Å². The van der Waals surface area contributed by atoms with E-state index in [9.17, 15) is 9.90 Å². The molecule has 2 aromatic rings. The fraction of sp³-hybridized carbons (Fsp3) is 0.0667. The van der Waals surface area contributed by atoms with Gasteiger partial charge in [0.1, 0.15) is 0 Å². The molecule has 2 rings (SSSR count). The van der Waals surface area contributed by atoms with Crippen molar-refractivity contribution in [2.45, 2.75) is 6.10 Å². The van der Waals surface area contributed by atoms with Crippen LogP contribution in [0, 0.1) is 3.57 Å². The number of halogens is 1. The van der Waals surface area contributed by atoms with Gasteiger partial charge in [-0.1, -0.05) is 42.5 Å². The molecule has 0 aliphatic carbocycles. The lowest BCUT2D eigenvalue weighted by Crippen LogP contribution is -2.25. The van der Waals surface area contributed by atoms with Gasteiger partial charge in [0.05, 0.1) is 6.21 Å². The molecule has 1 atom stereocenters. The van der Waals surface area contributed by atoms with Crippen LogP contribution in [0.2, 0.25) is 0 Å². The normalized spacial score (nSPS) is 12.3. The van der Waals surface area contributed by atoms with Gasteiger partial charge in [-0.15, -0.1) is 0 Å². The molecule has 0 fully saturated rings. The molecule has 0 saturated carbocycles. The summed E-state index contributed by atoms with van der Waals surface area (Å²) in [5, 5.41) is 13.7. The number of carbonyl (C=O) groups excluding carboxylic acids is 1. The highest BCUT2D eigenvalue weighted by atomic mass is 127. The minimum Gasteiger partial charge on any atom is -0.378 e. The summed E-state index contributed by atoms with van der Waals surface area (Å²) >= 11 is 2.21. The van der Waals surface area contributed by atoms with Crippen LogP contribution < -0.4 is 5.43 Å². The Morgan fingerprint density at radius 2 is 1.80 bits per heavy atom. The predicted molar refractivity (Wildman–Crippen MR) is 86.3 cm³/mol. The van der Waals surface area contributed by atoms with Crippen LogP contribution in [0.4, 0.5) is 0 Å². The van der Waals surface area contributed by atoms with Crippen LogP contribution >= 0.6 is 22.6 Å². The number of hydrogen-bond donors (Lipinski definition) is 2. The van der Waals surface area contributed by atoms with E-state index in [2.05, 4.69) is 33.1 Å². The van der Waals surface area contributed by atoms with Crippen molar-refractivity contribution in [2.24, 2.45) is 5.10 Å². The molecule has 102 valence electrons. The number of benzene rings is 2. The van der Waals surface area contributed by atoms with E-state index in [1.165, 1.54) is 6.21 Å². The van der Waals surface area contributed by atoms with Gasteiger partial charge in [0.15, 0.2) is 6.10 Å². The summed E-state index contributed by atoms with van der Waals surface area (Å²) in [5.74, 6) is -0.557. The van der Waals surface area contributed by atoms with Crippen LogP contribution in [-0.4, -0.2) is 17.2 Å². The molecule has 0 aliphatic heterocycles. The summed E-state index contributed by atoms with van der Waals surface area (Å²) in [4.78, 5) is 11.7. The largest absolute Gasteiger partial charge is 0.378 e. The van der Waals surface area contributed by atoms with Crippen molar-refractivity contribution >= 4 is 34.7 Å². The highest BCUT2D eigenvalue weighted by molar-refractivity contribution is 14.1. The number of nitrogens with one attached hydrogen (secondary N) is 1. The Bertz CT molecular complexity index is 597. The predicted octanol–water partition coefficient (Wildman–Crippen LogP) is 2.47. The molecule has 0 spiro atoms. The zero-order valence-electron chi connectivity index (χ0n) is 10.5. The van der Waals surface area contributed by atoms with Crippen LogP contribution in [0.25, 0.3) is 0 Å². The molecule has 20 heavy (non-hydrogen) atoms. The summed E-state index contributed by atoms with van der Waals surface area (Å²) < 4.78 is 1.13. The summed E-state index contributed by atoms with van der Waals surface area (Å²) in [6.45, 7) is 0. The monoisotopic (exact) mass is 380 g/mol. The van der Waals surface area contributed by atoms with Crippen molar-refractivity contribution in [1.82, 2.24) is 5.43 Å². The van der Waals surface area contributed by atoms with Gasteiger partial charge in [-0.25, -0.2) is 5.43 Å². The lowest BCUT2D eigenvalue weighted by atomic mass is 10.1. The average Bonchev–Trinajstić information content (AvgIpc) is 2.49. The third-order valence-electron chi connectivity index (χ3n) is 2.62. The van der Waals surface area contributed by atoms with Gasteiger partial charge < -0.3 is 5.11 Å². The Labute approximate surface area is 130 Å². The van der Waals surface area contributed by atoms with Crippen molar-refractivity contribution in [2.75, 3.05) is 0 Å². The smallest absolute Gasteiger partial charge is 0.273 e. The third kappa shape index (κ3) is 4.14. The number of nitrogens with zero attached hydrogens (tertiary/aromatic N) is 1. The van der Waals surface area contributed by atoms with Crippen LogP contribution in [-0.2, 0) is 4.79 Å². The number of carbonyl (C=O) groups is 1. The van der Waals surface area contributed by atoms with Crippen molar-refractivity contribution < 1.29 is 9.90 Å². The summed E-state index contributed by atoms with van der Waals surface area (Å²) in [6.07, 6.45) is 0.316. The van der Waals surface area contributed by atoms with Gasteiger partial charge in [-0.05, 0) is 45.9 Å². The Morgan fingerprint density at radius 3 is 2.45 bits per heavy atom. The van der Waals surface area contributed by atoms with Gasteiger partial charge >= 0.3 is 0 Å². The molecule has 0 heterocycles. The minimum atomic E-state index is -1.22. The Kier molecular flexibility index (Phi) is 5.25. The maximum Gasteiger partial charge on any atom is 0.273 e. The zero-order chi connectivity index (χ0) is 14.4. The first kappa shape index (κ1) is 14.7. The number of hydrazone groups is 1. The van der Waals surface area contributed by atoms with Crippen LogP contribution in [0.15, 0.2) is 59.7 Å². The molecule has 0 unspecified atom stereocenters. The van der Waals surface area contributed by atoms with Crippen molar-refractivity contribution in [1.29, 1.82) is 0 Å². The van der Waals surface area contributed by atoms with Crippen molar-refractivity contribution in [3.8, 4) is 0 Å². The maximum absolute atomic E-state index is 11.7. The molecule has 2 N–H and O–H groups in total. The van der Waals surface area contributed by atoms with E-state index < -0.39 is 12.0 Å². The number of aliphatic hydroxyl groups is 1. The van der Waals surface area contributed by atoms with E-state index in [1.54, 1.807) is 24.3 Å². The van der Waals surface area contributed by atoms with Crippen molar-refractivity contribution in [3.05, 3.63) is 69.3 Å². The van der Waals surface area contributed by atoms with E-state index in [0.717, 1.165) is 9.13 Å². The molecule has 0 aliphatic rings. The Hall–Kier alpha value is -1.73. The lowest BCUT2D eigenvalue weighted by Gasteiger charge is -2.08. The van der Waals surface area contributed by atoms with E-state index in [-0.39, 0.29) is 0 Å². The molecule has 1 amide bonds. The SMILES string of the molecule is O=C(N/N=C\c1ccc(I)cc1)[C@@H](O)c1ccccc1. The molecule has 0 aromatic heterocycles.